The summed E-state index contributed by atoms with van der Waals surface area (Å²) in [5.74, 6) is 0.664. The summed E-state index contributed by atoms with van der Waals surface area (Å²) in [6, 6.07) is 22.7. The molecule has 3 aliphatic rings. The second-order valence-electron chi connectivity index (χ2n) is 11.6. The Morgan fingerprint density at radius 2 is 1.24 bits per heavy atom. The third-order valence-corrected chi connectivity index (χ3v) is 9.53. The number of nitrogens with zero attached hydrogens (tertiary/aromatic N) is 3. The predicted molar refractivity (Wildman–Crippen MR) is 171 cm³/mol. The molecule has 3 atom stereocenters. The molecule has 12 heteroatoms. The summed E-state index contributed by atoms with van der Waals surface area (Å²) in [6.07, 6.45) is 15.3. The van der Waals surface area contributed by atoms with Crippen LogP contribution in [0.25, 0.3) is 0 Å². The van der Waals surface area contributed by atoms with E-state index in [1.54, 1.807) is 0 Å². The average Bonchev–Trinajstić information content (AvgIpc) is 3.60. The summed E-state index contributed by atoms with van der Waals surface area (Å²) in [7, 11) is 0. The van der Waals surface area contributed by atoms with Crippen molar-refractivity contribution in [3.8, 4) is 0 Å². The van der Waals surface area contributed by atoms with E-state index in [1.165, 1.54) is 49.7 Å². The Morgan fingerprint density at radius 1 is 0.800 bits per heavy atom. The van der Waals surface area contributed by atoms with Gasteiger partial charge in [0.2, 0.25) is 6.67 Å². The molecule has 1 saturated carbocycles. The van der Waals surface area contributed by atoms with Crippen LogP contribution < -0.4 is 0 Å². The van der Waals surface area contributed by atoms with Gasteiger partial charge < -0.3 is 4.90 Å². The van der Waals surface area contributed by atoms with Gasteiger partial charge in [0.1, 0.15) is 0 Å². The van der Waals surface area contributed by atoms with Gasteiger partial charge in [-0.3, -0.25) is 5.01 Å². The van der Waals surface area contributed by atoms with Gasteiger partial charge in [-0.1, -0.05) is 93.8 Å². The minimum Gasteiger partial charge on any atom is 2.00 e. The zero-order valence-corrected chi connectivity index (χ0v) is 30.7. The van der Waals surface area contributed by atoms with Crippen LogP contribution in [0, 0.1) is 32.9 Å². The zero-order valence-electron chi connectivity index (χ0n) is 25.7. The number of halogens is 6. The Hall–Kier alpha value is -0.849. The zero-order chi connectivity index (χ0) is 32.4. The van der Waals surface area contributed by atoms with Crippen molar-refractivity contribution < 1.29 is 37.3 Å². The normalized spacial score (nSPS) is 22.8. The maximum Gasteiger partial charge on any atom is 2.00 e. The number of benzene rings is 2. The van der Waals surface area contributed by atoms with E-state index in [4.69, 9.17) is 0 Å². The van der Waals surface area contributed by atoms with Crippen molar-refractivity contribution in [2.24, 2.45) is 5.92 Å². The Bertz CT molecular complexity index is 1090. The minimum atomic E-state index is -11.2. The molecule has 253 valence electrons. The van der Waals surface area contributed by atoms with Crippen LogP contribution in [-0.2, 0) is 20.4 Å². The van der Waals surface area contributed by atoms with Crippen LogP contribution in [-0.4, -0.2) is 51.4 Å². The van der Waals surface area contributed by atoms with Gasteiger partial charge in [0, 0.05) is 29.4 Å². The van der Waals surface area contributed by atoms with Crippen LogP contribution in [0.15, 0.2) is 73.1 Å². The van der Waals surface area contributed by atoms with E-state index in [0.29, 0.717) is 23.3 Å². The molecule has 2 fully saturated rings. The maximum atomic E-state index is 9.93. The molecule has 2 aromatic rings. The molecule has 5 radical (unpaired) electrons. The predicted octanol–water partition coefficient (Wildman–Crippen LogP) is 10.7. The van der Waals surface area contributed by atoms with Crippen molar-refractivity contribution >= 4 is 31.2 Å². The molecule has 2 heterocycles. The molecule has 1 aliphatic carbocycles. The first-order valence-corrected chi connectivity index (χ1v) is 21.8. The van der Waals surface area contributed by atoms with Crippen molar-refractivity contribution in [3.63, 3.8) is 0 Å². The van der Waals surface area contributed by atoms with Crippen LogP contribution in [0.1, 0.15) is 82.0 Å². The first-order chi connectivity index (χ1) is 20.6. The molecule has 0 aromatic heterocycles. The van der Waals surface area contributed by atoms with Gasteiger partial charge in [-0.15, -0.1) is 0 Å². The molecule has 0 bridgehead atoms. The van der Waals surface area contributed by atoms with Crippen LogP contribution in [0.3, 0.4) is 0 Å². The summed E-state index contributed by atoms with van der Waals surface area (Å²) in [6.45, 7) is 16.0. The summed E-state index contributed by atoms with van der Waals surface area (Å²) < 4.78 is 59.6. The number of thioether (sulfide) groups is 1. The van der Waals surface area contributed by atoms with Crippen molar-refractivity contribution in [1.82, 2.24) is 14.9 Å². The standard InChI is InChI=1S/C30H39N3S.C3H5.6FH.Pd.Sb/c1-24(2)30(34-27-16-10-5-11-17-27)22-31-20-21-32(23-31)33-28(25-12-6-3-7-13-25)18-19-29(33)26-14-8-4-9-15-26;1-3-2;;;;;;;;/h3-4,6-9,12-15,20-21,24,27-30H,5,10-11,16-19,22H2,1-2H3;3H,1-2H2;6*1H;;/q;;;;;;;;+2;+5/p-6/t28-,29-,30-;;;;;;;;;/m0........./s1. The SMILES string of the molecule is CC(C)[C@H](CN1[C]N(N2[C@H](c3ccccc3)CC[C@H]2c2ccccc2)C=C1)SC1CCCCC1.[CH2][CH][CH2].[F][Sb-]([F])([F])([F])([F])[F].[Pd+2]. The smallest absolute Gasteiger partial charge is 2.00 e. The van der Waals surface area contributed by atoms with Gasteiger partial charge >= 0.3 is 56.8 Å². The summed E-state index contributed by atoms with van der Waals surface area (Å²) >= 11 is -9.01. The topological polar surface area (TPSA) is 9.72 Å². The third kappa shape index (κ3) is 15.3. The first kappa shape index (κ1) is 40.3. The number of hydrogen-bond donors (Lipinski definition) is 0. The number of hydrogen-bond acceptors (Lipinski definition) is 4. The molecule has 2 aliphatic heterocycles. The van der Waals surface area contributed by atoms with E-state index < -0.39 is 19.5 Å². The van der Waals surface area contributed by atoms with Crippen LogP contribution >= 0.6 is 11.8 Å². The molecule has 1 saturated heterocycles. The van der Waals surface area contributed by atoms with Crippen molar-refractivity contribution in [2.75, 3.05) is 6.54 Å². The Kier molecular flexibility index (Phi) is 15.2. The summed E-state index contributed by atoms with van der Waals surface area (Å²) in [4.78, 5) is 2.31. The Labute approximate surface area is 286 Å². The van der Waals surface area contributed by atoms with Gasteiger partial charge in [0.25, 0.3) is 0 Å². The van der Waals surface area contributed by atoms with Crippen LogP contribution in [0.2, 0.25) is 0 Å². The molecular formula is C33H44F6N3PdSSb+. The van der Waals surface area contributed by atoms with E-state index >= 15 is 0 Å². The van der Waals surface area contributed by atoms with Gasteiger partial charge in [-0.2, -0.15) is 11.8 Å². The monoisotopic (exact) mass is 855 g/mol. The van der Waals surface area contributed by atoms with Crippen molar-refractivity contribution in [2.45, 2.75) is 81.4 Å². The fourth-order valence-electron chi connectivity index (χ4n) is 5.71. The molecule has 0 spiro atoms. The molecule has 2 aromatic carbocycles. The van der Waals surface area contributed by atoms with Gasteiger partial charge in [0.05, 0.1) is 12.1 Å². The number of hydrazine groups is 1. The Balaban J connectivity index is 0.000000561. The molecular weight excluding hydrogens is 813 g/mol. The largest absolute Gasteiger partial charge is 2.00 e. The summed E-state index contributed by atoms with van der Waals surface area (Å²) in [5, 5.41) is 6.28. The fourth-order valence-corrected chi connectivity index (χ4v) is 7.37. The molecule has 45 heavy (non-hydrogen) atoms. The third-order valence-electron chi connectivity index (χ3n) is 7.63. The van der Waals surface area contributed by atoms with Crippen molar-refractivity contribution in [1.29, 1.82) is 0 Å². The minimum absolute atomic E-state index is 0. The second-order valence-corrected chi connectivity index (χ2v) is 18.6. The molecule has 0 N–H and O–H groups in total. The summed E-state index contributed by atoms with van der Waals surface area (Å²) in [5.41, 5.74) is 2.78. The van der Waals surface area contributed by atoms with E-state index in [1.807, 2.05) is 0 Å². The molecule has 5 rings (SSSR count). The van der Waals surface area contributed by atoms with E-state index in [-0.39, 0.29) is 20.4 Å². The number of rotatable bonds is 8. The Morgan fingerprint density at radius 3 is 1.67 bits per heavy atom. The van der Waals surface area contributed by atoms with Crippen molar-refractivity contribution in [3.05, 3.63) is 111 Å². The average molecular weight is 857 g/mol. The quantitative estimate of drug-likeness (QED) is 0.193. The first-order valence-electron chi connectivity index (χ1n) is 15.1. The second kappa shape index (κ2) is 17.0. The van der Waals surface area contributed by atoms with Gasteiger partial charge in [-0.05, 0) is 63.0 Å². The van der Waals surface area contributed by atoms with Gasteiger partial charge in [0.15, 0.2) is 0 Å². The molecule has 0 amide bonds. The van der Waals surface area contributed by atoms with Crippen LogP contribution in [0.5, 0.6) is 0 Å². The van der Waals surface area contributed by atoms with Crippen LogP contribution in [0.4, 0.5) is 16.9 Å². The maximum absolute atomic E-state index is 11.2. The van der Waals surface area contributed by atoms with E-state index in [2.05, 4.69) is 134 Å². The molecule has 3 nitrogen and oxygen atoms in total. The van der Waals surface area contributed by atoms with E-state index in [0.717, 1.165) is 24.6 Å². The fraction of sp³-hybridized carbons (Fsp3) is 0.455. The van der Waals surface area contributed by atoms with E-state index in [9.17, 15) is 16.9 Å². The molecule has 0 unspecified atom stereocenters. The van der Waals surface area contributed by atoms with Gasteiger partial charge in [-0.25, -0.2) is 5.01 Å².